The van der Waals surface area contributed by atoms with Gasteiger partial charge in [-0.25, -0.2) is 9.78 Å². The number of aromatic nitrogens is 1. The minimum atomic E-state index is -1.34. The highest BCUT2D eigenvalue weighted by Gasteiger charge is 2.25. The Morgan fingerprint density at radius 1 is 1.13 bits per heavy atom. The molecule has 10 heteroatoms. The fourth-order valence-corrected chi connectivity index (χ4v) is 4.01. The summed E-state index contributed by atoms with van der Waals surface area (Å²) in [6.45, 7) is 4.31. The van der Waals surface area contributed by atoms with E-state index in [1.807, 2.05) is 0 Å². The molecule has 0 aliphatic heterocycles. The van der Waals surface area contributed by atoms with E-state index in [0.717, 1.165) is 12.8 Å². The zero-order chi connectivity index (χ0) is 28.1. The van der Waals surface area contributed by atoms with Crippen LogP contribution in [0.1, 0.15) is 55.3 Å². The van der Waals surface area contributed by atoms with Gasteiger partial charge in [-0.15, -0.1) is 0 Å². The first kappa shape index (κ1) is 27.1. The average Bonchev–Trinajstić information content (AvgIpc) is 3.79. The molecule has 10 nitrogen and oxygen atoms in total. The van der Waals surface area contributed by atoms with Crippen LogP contribution in [0.15, 0.2) is 60.1 Å². The van der Waals surface area contributed by atoms with Crippen molar-refractivity contribution >= 4 is 35.4 Å². The van der Waals surface area contributed by atoms with Crippen LogP contribution in [-0.4, -0.2) is 54.4 Å². The van der Waals surface area contributed by atoms with Crippen molar-refractivity contribution in [1.82, 2.24) is 10.3 Å². The quantitative estimate of drug-likeness (QED) is 0.231. The van der Waals surface area contributed by atoms with Crippen LogP contribution in [0.2, 0.25) is 0 Å². The lowest BCUT2D eigenvalue weighted by atomic mass is 9.94. The molecule has 1 heterocycles. The fourth-order valence-electron chi connectivity index (χ4n) is 4.01. The molecule has 0 unspecified atom stereocenters. The number of nitrogens with one attached hydrogen (secondary N) is 2. The summed E-state index contributed by atoms with van der Waals surface area (Å²) in [4.78, 5) is 46.4. The van der Waals surface area contributed by atoms with Gasteiger partial charge in [0, 0.05) is 47.1 Å². The Morgan fingerprint density at radius 3 is 2.44 bits per heavy atom. The maximum Gasteiger partial charge on any atom is 0.355 e. The van der Waals surface area contributed by atoms with Crippen molar-refractivity contribution < 1.29 is 24.2 Å². The van der Waals surface area contributed by atoms with Gasteiger partial charge < -0.3 is 26.2 Å². The molecule has 0 bridgehead atoms. The summed E-state index contributed by atoms with van der Waals surface area (Å²) < 4.78 is 5.46. The Balaban J connectivity index is 1.75. The van der Waals surface area contributed by atoms with Crippen LogP contribution in [0, 0.1) is 5.92 Å². The number of hydrogen-bond acceptors (Lipinski definition) is 6. The molecule has 1 saturated carbocycles. The number of amidine groups is 1. The fraction of sp³-hybridized carbons (Fsp3) is 0.207. The molecule has 0 saturated heterocycles. The molecule has 5 N–H and O–H groups in total. The van der Waals surface area contributed by atoms with Crippen molar-refractivity contribution in [2.24, 2.45) is 16.6 Å². The summed E-state index contributed by atoms with van der Waals surface area (Å²) in [6, 6.07) is 12.9. The van der Waals surface area contributed by atoms with Gasteiger partial charge in [-0.1, -0.05) is 12.7 Å². The number of carbonyl (C=O) groups is 3. The van der Waals surface area contributed by atoms with Crippen LogP contribution in [0.25, 0.3) is 17.2 Å². The third-order valence-corrected chi connectivity index (χ3v) is 6.38. The van der Waals surface area contributed by atoms with E-state index >= 15 is 0 Å². The van der Waals surface area contributed by atoms with Crippen molar-refractivity contribution in [2.75, 3.05) is 26.0 Å². The van der Waals surface area contributed by atoms with Crippen molar-refractivity contribution in [3.63, 3.8) is 0 Å². The van der Waals surface area contributed by atoms with Gasteiger partial charge in [-0.05, 0) is 67.3 Å². The van der Waals surface area contributed by atoms with Crippen LogP contribution in [0.4, 0.5) is 5.69 Å². The second-order valence-electron chi connectivity index (χ2n) is 9.04. The first-order valence-electron chi connectivity index (χ1n) is 12.3. The molecule has 1 aliphatic rings. The van der Waals surface area contributed by atoms with Gasteiger partial charge >= 0.3 is 5.97 Å². The van der Waals surface area contributed by atoms with Gasteiger partial charge in [0.05, 0.1) is 7.11 Å². The number of rotatable bonds is 10. The van der Waals surface area contributed by atoms with Gasteiger partial charge in [-0.2, -0.15) is 0 Å². The predicted molar refractivity (Wildman–Crippen MR) is 149 cm³/mol. The number of aliphatic imine (C=N–C) groups is 1. The number of carbonyl (C=O) groups excluding carboxylic acids is 2. The van der Waals surface area contributed by atoms with Crippen LogP contribution in [0.3, 0.4) is 0 Å². The Bertz CT molecular complexity index is 1480. The highest BCUT2D eigenvalue weighted by molar-refractivity contribution is 6.11. The van der Waals surface area contributed by atoms with E-state index in [9.17, 15) is 19.5 Å². The molecule has 4 rings (SSSR count). The Labute approximate surface area is 225 Å². The topological polar surface area (TPSA) is 156 Å². The highest BCUT2D eigenvalue weighted by Crippen LogP contribution is 2.34. The molecule has 1 fully saturated rings. The van der Waals surface area contributed by atoms with E-state index in [1.165, 1.54) is 25.3 Å². The molecule has 0 radical (unpaired) electrons. The summed E-state index contributed by atoms with van der Waals surface area (Å²) in [7, 11) is 3.04. The normalized spacial score (nSPS) is 12.9. The lowest BCUT2D eigenvalue weighted by Gasteiger charge is -2.16. The molecule has 1 aromatic heterocycles. The number of carboxylic acid groups (broad SMARTS) is 1. The molecule has 2 aromatic carbocycles. The van der Waals surface area contributed by atoms with E-state index in [1.54, 1.807) is 43.4 Å². The van der Waals surface area contributed by atoms with Crippen LogP contribution < -0.4 is 21.1 Å². The third-order valence-electron chi connectivity index (χ3n) is 6.38. The standard InChI is InChI=1S/C29H29N5O5/c1-4-17-13-22(27(35)33-19-9-7-18(8-10-19)26(30)31-2)21(14-24(17)39-3)20-11-12-23(34-25(20)29(37)38)28(36)32-15-16-5-6-16/h4,7-14,16H,1,5-6,15H2,2-3H3,(H2,30,31)(H,32,36)(H,33,35)(H,37,38). The van der Waals surface area contributed by atoms with Crippen molar-refractivity contribution in [3.8, 4) is 16.9 Å². The number of methoxy groups -OCH3 is 1. The predicted octanol–water partition coefficient (Wildman–Crippen LogP) is 3.83. The van der Waals surface area contributed by atoms with Crippen molar-refractivity contribution in [3.05, 3.63) is 83.2 Å². The third kappa shape index (κ3) is 6.12. The molecular formula is C29H29N5O5. The lowest BCUT2D eigenvalue weighted by molar-refractivity contribution is 0.0691. The largest absolute Gasteiger partial charge is 0.496 e. The molecule has 200 valence electrons. The molecule has 0 atom stereocenters. The van der Waals surface area contributed by atoms with Crippen LogP contribution in [-0.2, 0) is 0 Å². The zero-order valence-corrected chi connectivity index (χ0v) is 21.7. The van der Waals surface area contributed by atoms with Crippen LogP contribution in [0.5, 0.6) is 5.75 Å². The molecule has 39 heavy (non-hydrogen) atoms. The molecule has 2 amide bonds. The van der Waals surface area contributed by atoms with Crippen LogP contribution >= 0.6 is 0 Å². The number of aromatic carboxylic acids is 1. The molecule has 3 aromatic rings. The second-order valence-corrected chi connectivity index (χ2v) is 9.04. The number of ether oxygens (including phenoxy) is 1. The molecular weight excluding hydrogens is 498 g/mol. The number of nitrogens with zero attached hydrogens (tertiary/aromatic N) is 2. The lowest BCUT2D eigenvalue weighted by Crippen LogP contribution is -2.27. The Kier molecular flexibility index (Phi) is 8.04. The Morgan fingerprint density at radius 2 is 1.85 bits per heavy atom. The van der Waals surface area contributed by atoms with E-state index in [4.69, 9.17) is 10.5 Å². The summed E-state index contributed by atoms with van der Waals surface area (Å²) >= 11 is 0. The number of carboxylic acids is 1. The number of nitrogens with two attached hydrogens (primary N) is 1. The minimum absolute atomic E-state index is 0.0209. The maximum atomic E-state index is 13.5. The van der Waals surface area contributed by atoms with Crippen molar-refractivity contribution in [1.29, 1.82) is 0 Å². The number of amides is 2. The average molecular weight is 528 g/mol. The zero-order valence-electron chi connectivity index (χ0n) is 21.7. The van der Waals surface area contributed by atoms with E-state index in [-0.39, 0.29) is 28.1 Å². The van der Waals surface area contributed by atoms with E-state index in [0.29, 0.717) is 40.9 Å². The van der Waals surface area contributed by atoms with E-state index in [2.05, 4.69) is 27.2 Å². The second kappa shape index (κ2) is 11.6. The summed E-state index contributed by atoms with van der Waals surface area (Å²) in [5, 5.41) is 15.6. The van der Waals surface area contributed by atoms with Gasteiger partial charge in [0.15, 0.2) is 5.69 Å². The van der Waals surface area contributed by atoms with Gasteiger partial charge in [0.25, 0.3) is 11.8 Å². The molecule has 1 aliphatic carbocycles. The first-order chi connectivity index (χ1) is 18.7. The highest BCUT2D eigenvalue weighted by atomic mass is 16.5. The number of benzene rings is 2. The summed E-state index contributed by atoms with van der Waals surface area (Å²) in [5.74, 6) is -1.09. The summed E-state index contributed by atoms with van der Waals surface area (Å²) in [6.07, 6.45) is 3.65. The molecule has 0 spiro atoms. The first-order valence-corrected chi connectivity index (χ1v) is 12.3. The van der Waals surface area contributed by atoms with Gasteiger partial charge in [0.2, 0.25) is 0 Å². The maximum absolute atomic E-state index is 13.5. The number of anilines is 1. The van der Waals surface area contributed by atoms with E-state index < -0.39 is 17.8 Å². The minimum Gasteiger partial charge on any atom is -0.496 e. The SMILES string of the molecule is C=Cc1cc(C(=O)Nc2ccc(C(N)=NC)cc2)c(-c2ccc(C(=O)NCC3CC3)nc2C(=O)O)cc1OC. The monoisotopic (exact) mass is 527 g/mol. The smallest absolute Gasteiger partial charge is 0.355 e. The number of pyridine rings is 1. The van der Waals surface area contributed by atoms with Crippen molar-refractivity contribution in [2.45, 2.75) is 12.8 Å². The van der Waals surface area contributed by atoms with Gasteiger partial charge in [-0.3, -0.25) is 14.6 Å². The van der Waals surface area contributed by atoms with Gasteiger partial charge in [0.1, 0.15) is 17.3 Å². The number of hydrogen-bond donors (Lipinski definition) is 4. The Hall–Kier alpha value is -4.99. The summed E-state index contributed by atoms with van der Waals surface area (Å²) in [5.41, 5.74) is 7.78.